The number of benzene rings is 2. The van der Waals surface area contributed by atoms with Crippen LogP contribution in [0.25, 0.3) is 0 Å². The summed E-state index contributed by atoms with van der Waals surface area (Å²) >= 11 is 0. The Labute approximate surface area is 181 Å². The number of amides is 1. The van der Waals surface area contributed by atoms with E-state index < -0.39 is 5.82 Å². The Kier molecular flexibility index (Phi) is 7.03. The van der Waals surface area contributed by atoms with Gasteiger partial charge in [-0.25, -0.2) is 4.39 Å². The van der Waals surface area contributed by atoms with Crippen molar-refractivity contribution < 1.29 is 13.9 Å². The summed E-state index contributed by atoms with van der Waals surface area (Å²) in [4.78, 5) is 14.5. The number of nitrogens with zero attached hydrogens (tertiary/aromatic N) is 4. The van der Waals surface area contributed by atoms with E-state index in [0.29, 0.717) is 19.7 Å². The van der Waals surface area contributed by atoms with Crippen LogP contribution in [0.1, 0.15) is 54.1 Å². The van der Waals surface area contributed by atoms with Gasteiger partial charge in [0.25, 0.3) is 5.91 Å². The minimum Gasteiger partial charge on any atom is -0.487 e. The number of hydrogen-bond donors (Lipinski definition) is 0. The summed E-state index contributed by atoms with van der Waals surface area (Å²) in [5.41, 5.74) is 1.97. The minimum atomic E-state index is -0.595. The standard InChI is InChI=1S/C22H19FN4O2.C2H6/c1-15-12-26(22(28)17-7-16(11-24)8-18(23)9-17)13-20-10-19(25-27(15)20)14-29-21-5-3-2-4-6-21;1-2/h2-10,15H,12-14H2,1H3;1-2H3. The van der Waals surface area contributed by atoms with Crippen molar-refractivity contribution in [2.24, 2.45) is 0 Å². The first-order valence-electron chi connectivity index (χ1n) is 10.3. The lowest BCUT2D eigenvalue weighted by Crippen LogP contribution is -2.40. The number of nitriles is 1. The lowest BCUT2D eigenvalue weighted by atomic mass is 10.1. The SMILES string of the molecule is CC.CC1CN(C(=O)c2cc(F)cc(C#N)c2)Cc2cc(COc3ccccc3)nn21. The van der Waals surface area contributed by atoms with E-state index in [9.17, 15) is 9.18 Å². The topological polar surface area (TPSA) is 71.2 Å². The van der Waals surface area contributed by atoms with E-state index in [1.807, 2.05) is 67.9 Å². The predicted molar refractivity (Wildman–Crippen MR) is 115 cm³/mol. The number of aromatic nitrogens is 2. The second-order valence-corrected chi connectivity index (χ2v) is 7.05. The molecule has 7 heteroatoms. The number of carbonyl (C=O) groups excluding carboxylic acids is 1. The van der Waals surface area contributed by atoms with E-state index in [0.717, 1.165) is 23.2 Å². The van der Waals surface area contributed by atoms with Crippen LogP contribution in [0.2, 0.25) is 0 Å². The zero-order valence-corrected chi connectivity index (χ0v) is 17.9. The Bertz CT molecular complexity index is 1090. The molecule has 0 spiro atoms. The molecule has 2 aromatic carbocycles. The Morgan fingerprint density at radius 2 is 1.97 bits per heavy atom. The van der Waals surface area contributed by atoms with Crippen molar-refractivity contribution in [1.29, 1.82) is 5.26 Å². The maximum absolute atomic E-state index is 13.7. The van der Waals surface area contributed by atoms with Crippen LogP contribution in [-0.2, 0) is 13.2 Å². The van der Waals surface area contributed by atoms with Crippen molar-refractivity contribution in [2.75, 3.05) is 6.54 Å². The van der Waals surface area contributed by atoms with Crippen LogP contribution in [0.3, 0.4) is 0 Å². The predicted octanol–water partition coefficient (Wildman–Crippen LogP) is 4.72. The van der Waals surface area contributed by atoms with Crippen molar-refractivity contribution in [3.8, 4) is 11.8 Å². The summed E-state index contributed by atoms with van der Waals surface area (Å²) in [6, 6.07) is 17.0. The quantitative estimate of drug-likeness (QED) is 0.613. The van der Waals surface area contributed by atoms with Gasteiger partial charge in [0, 0.05) is 12.1 Å². The molecule has 2 heterocycles. The van der Waals surface area contributed by atoms with Gasteiger partial charge in [-0.3, -0.25) is 9.48 Å². The molecule has 4 rings (SSSR count). The van der Waals surface area contributed by atoms with E-state index in [2.05, 4.69) is 5.10 Å². The van der Waals surface area contributed by atoms with Gasteiger partial charge in [0.1, 0.15) is 23.9 Å². The van der Waals surface area contributed by atoms with Crippen LogP contribution in [0, 0.1) is 17.1 Å². The Hall–Kier alpha value is -3.66. The zero-order chi connectivity index (χ0) is 22.4. The molecular formula is C24H25FN4O2. The van der Waals surface area contributed by atoms with E-state index in [1.54, 1.807) is 4.90 Å². The van der Waals surface area contributed by atoms with Crippen molar-refractivity contribution >= 4 is 5.91 Å². The highest BCUT2D eigenvalue weighted by Crippen LogP contribution is 2.24. The van der Waals surface area contributed by atoms with Gasteiger partial charge in [-0.05, 0) is 43.3 Å². The summed E-state index contributed by atoms with van der Waals surface area (Å²) in [5.74, 6) is -0.132. The first-order valence-corrected chi connectivity index (χ1v) is 10.3. The Morgan fingerprint density at radius 3 is 2.68 bits per heavy atom. The van der Waals surface area contributed by atoms with E-state index in [1.165, 1.54) is 12.1 Å². The Balaban J connectivity index is 0.00000132. The highest BCUT2D eigenvalue weighted by molar-refractivity contribution is 5.94. The molecule has 1 amide bonds. The molecule has 0 aliphatic carbocycles. The molecule has 1 aliphatic rings. The molecule has 0 saturated carbocycles. The van der Waals surface area contributed by atoms with Gasteiger partial charge < -0.3 is 9.64 Å². The summed E-state index contributed by atoms with van der Waals surface area (Å²) in [7, 11) is 0. The number of fused-ring (bicyclic) bond motifs is 1. The number of halogens is 1. The van der Waals surface area contributed by atoms with Crippen LogP contribution in [0.4, 0.5) is 4.39 Å². The zero-order valence-electron chi connectivity index (χ0n) is 17.9. The maximum atomic E-state index is 13.7. The average Bonchev–Trinajstić information content (AvgIpc) is 3.22. The molecule has 3 aromatic rings. The molecule has 1 aromatic heterocycles. The molecule has 0 N–H and O–H groups in total. The first kappa shape index (κ1) is 22.0. The monoisotopic (exact) mass is 420 g/mol. The third-order valence-corrected chi connectivity index (χ3v) is 4.81. The first-order chi connectivity index (χ1) is 15.0. The molecule has 0 radical (unpaired) electrons. The fraction of sp³-hybridized carbons (Fsp3) is 0.292. The van der Waals surface area contributed by atoms with Crippen molar-refractivity contribution in [1.82, 2.24) is 14.7 Å². The third kappa shape index (κ3) is 5.10. The lowest BCUT2D eigenvalue weighted by molar-refractivity contribution is 0.0676. The van der Waals surface area contributed by atoms with Gasteiger partial charge in [0.2, 0.25) is 0 Å². The maximum Gasteiger partial charge on any atom is 0.254 e. The number of para-hydroxylation sites is 1. The number of rotatable bonds is 4. The van der Waals surface area contributed by atoms with Crippen LogP contribution in [-0.4, -0.2) is 27.1 Å². The smallest absolute Gasteiger partial charge is 0.254 e. The minimum absolute atomic E-state index is 0.0304. The fourth-order valence-corrected chi connectivity index (χ4v) is 3.51. The highest BCUT2D eigenvalue weighted by Gasteiger charge is 2.28. The molecule has 31 heavy (non-hydrogen) atoms. The number of hydrogen-bond acceptors (Lipinski definition) is 4. The number of ether oxygens (including phenoxy) is 1. The number of carbonyl (C=O) groups is 1. The normalized spacial score (nSPS) is 14.7. The van der Waals surface area contributed by atoms with Gasteiger partial charge in [0.05, 0.1) is 29.9 Å². The van der Waals surface area contributed by atoms with Gasteiger partial charge >= 0.3 is 0 Å². The Morgan fingerprint density at radius 1 is 1.23 bits per heavy atom. The third-order valence-electron chi connectivity index (χ3n) is 4.81. The van der Waals surface area contributed by atoms with Crippen LogP contribution in [0.5, 0.6) is 5.75 Å². The van der Waals surface area contributed by atoms with E-state index >= 15 is 0 Å². The van der Waals surface area contributed by atoms with Crippen molar-refractivity contribution in [2.45, 2.75) is 40.0 Å². The molecule has 1 aliphatic heterocycles. The molecule has 6 nitrogen and oxygen atoms in total. The molecular weight excluding hydrogens is 395 g/mol. The fourth-order valence-electron chi connectivity index (χ4n) is 3.51. The molecule has 0 bridgehead atoms. The second-order valence-electron chi connectivity index (χ2n) is 7.05. The average molecular weight is 420 g/mol. The van der Waals surface area contributed by atoms with Gasteiger partial charge in [-0.15, -0.1) is 0 Å². The second kappa shape index (κ2) is 9.90. The van der Waals surface area contributed by atoms with Gasteiger partial charge in [0.15, 0.2) is 0 Å². The van der Waals surface area contributed by atoms with E-state index in [-0.39, 0.29) is 23.1 Å². The summed E-state index contributed by atoms with van der Waals surface area (Å²) in [6.07, 6.45) is 0. The molecule has 1 unspecified atom stereocenters. The van der Waals surface area contributed by atoms with Gasteiger partial charge in [-0.2, -0.15) is 10.4 Å². The van der Waals surface area contributed by atoms with Crippen LogP contribution >= 0.6 is 0 Å². The summed E-state index contributed by atoms with van der Waals surface area (Å²) < 4.78 is 21.4. The van der Waals surface area contributed by atoms with Gasteiger partial charge in [-0.1, -0.05) is 32.0 Å². The highest BCUT2D eigenvalue weighted by atomic mass is 19.1. The molecule has 0 saturated heterocycles. The summed E-state index contributed by atoms with van der Waals surface area (Å²) in [5, 5.41) is 13.6. The molecule has 1 atom stereocenters. The van der Waals surface area contributed by atoms with E-state index in [4.69, 9.17) is 10.00 Å². The largest absolute Gasteiger partial charge is 0.487 e. The molecule has 160 valence electrons. The molecule has 0 fully saturated rings. The lowest BCUT2D eigenvalue weighted by Gasteiger charge is -2.32. The summed E-state index contributed by atoms with van der Waals surface area (Å²) in [6.45, 7) is 7.12. The van der Waals surface area contributed by atoms with Crippen molar-refractivity contribution in [3.05, 3.63) is 82.9 Å². The van der Waals surface area contributed by atoms with Crippen LogP contribution < -0.4 is 4.74 Å². The van der Waals surface area contributed by atoms with Crippen molar-refractivity contribution in [3.63, 3.8) is 0 Å². The van der Waals surface area contributed by atoms with Crippen LogP contribution in [0.15, 0.2) is 54.6 Å².